The maximum Gasteiger partial charge on any atom is 0.305 e. The van der Waals surface area contributed by atoms with E-state index in [2.05, 4.69) is 31.3 Å². The first-order valence-corrected chi connectivity index (χ1v) is 33.4. The van der Waals surface area contributed by atoms with Gasteiger partial charge in [0.2, 0.25) is 5.91 Å². The fraction of sp³-hybridized carbons (Fsp3) is 0.940. The van der Waals surface area contributed by atoms with Gasteiger partial charge in [0.15, 0.2) is 0 Å². The van der Waals surface area contributed by atoms with E-state index < -0.39 is 12.1 Å². The highest BCUT2D eigenvalue weighted by molar-refractivity contribution is 5.76. The Bertz CT molecular complexity index is 1100. The van der Waals surface area contributed by atoms with Crippen molar-refractivity contribution in [1.82, 2.24) is 5.32 Å². The van der Waals surface area contributed by atoms with Crippen LogP contribution in [0, 0.1) is 0 Å². The molecule has 0 saturated carbocycles. The highest BCUT2D eigenvalue weighted by Gasteiger charge is 2.20. The first-order chi connectivity index (χ1) is 36.0. The molecule has 3 N–H and O–H groups in total. The molecule has 0 aliphatic carbocycles. The molecule has 0 spiro atoms. The summed E-state index contributed by atoms with van der Waals surface area (Å²) in [6.07, 6.45) is 76.8. The molecule has 0 bridgehead atoms. The van der Waals surface area contributed by atoms with Gasteiger partial charge in [0.05, 0.1) is 25.4 Å². The van der Waals surface area contributed by atoms with Gasteiger partial charge in [0.25, 0.3) is 0 Å². The Balaban J connectivity index is 3.33. The molecule has 0 aromatic heterocycles. The normalized spacial score (nSPS) is 12.5. The summed E-state index contributed by atoms with van der Waals surface area (Å²) < 4.78 is 5.50. The van der Waals surface area contributed by atoms with Gasteiger partial charge in [-0.15, -0.1) is 0 Å². The summed E-state index contributed by atoms with van der Waals surface area (Å²) in [7, 11) is 0. The molecule has 0 aromatic carbocycles. The molecule has 2 unspecified atom stereocenters. The lowest BCUT2D eigenvalue weighted by molar-refractivity contribution is -0.143. The number of hydrogen-bond donors (Lipinski definition) is 3. The highest BCUT2D eigenvalue weighted by atomic mass is 16.5. The van der Waals surface area contributed by atoms with E-state index in [-0.39, 0.29) is 18.5 Å². The molecule has 0 aliphatic rings. The molecular formula is C67H131NO5. The maximum absolute atomic E-state index is 12.5. The van der Waals surface area contributed by atoms with Crippen LogP contribution in [0.15, 0.2) is 12.2 Å². The van der Waals surface area contributed by atoms with E-state index in [4.69, 9.17) is 4.74 Å². The van der Waals surface area contributed by atoms with Gasteiger partial charge in [0, 0.05) is 12.8 Å². The Morgan fingerprint density at radius 3 is 0.973 bits per heavy atom. The van der Waals surface area contributed by atoms with Gasteiger partial charge in [-0.05, 0) is 51.4 Å². The number of carbonyl (C=O) groups excluding carboxylic acids is 2. The van der Waals surface area contributed by atoms with E-state index in [1.807, 2.05) is 0 Å². The van der Waals surface area contributed by atoms with E-state index in [1.54, 1.807) is 0 Å². The zero-order valence-electron chi connectivity index (χ0n) is 49.6. The van der Waals surface area contributed by atoms with Crippen LogP contribution in [0.1, 0.15) is 380 Å². The maximum atomic E-state index is 12.5. The lowest BCUT2D eigenvalue weighted by atomic mass is 10.0. The molecular weight excluding hydrogens is 899 g/mol. The van der Waals surface area contributed by atoms with Crippen molar-refractivity contribution in [3.63, 3.8) is 0 Å². The molecule has 0 aromatic rings. The van der Waals surface area contributed by atoms with Crippen LogP contribution in [-0.4, -0.2) is 47.4 Å². The van der Waals surface area contributed by atoms with Crippen LogP contribution in [0.25, 0.3) is 0 Å². The molecule has 0 rings (SSSR count). The van der Waals surface area contributed by atoms with Gasteiger partial charge in [-0.3, -0.25) is 9.59 Å². The van der Waals surface area contributed by atoms with E-state index in [0.29, 0.717) is 25.9 Å². The topological polar surface area (TPSA) is 95.9 Å². The smallest absolute Gasteiger partial charge is 0.305 e. The largest absolute Gasteiger partial charge is 0.466 e. The Morgan fingerprint density at radius 1 is 0.370 bits per heavy atom. The molecule has 0 fully saturated rings. The van der Waals surface area contributed by atoms with E-state index in [1.165, 1.54) is 308 Å². The second-order valence-electron chi connectivity index (χ2n) is 23.2. The van der Waals surface area contributed by atoms with Crippen molar-refractivity contribution in [2.45, 2.75) is 392 Å². The van der Waals surface area contributed by atoms with Crippen molar-refractivity contribution < 1.29 is 24.5 Å². The summed E-state index contributed by atoms with van der Waals surface area (Å²) in [5, 5.41) is 23.2. The average Bonchev–Trinajstić information content (AvgIpc) is 3.39. The first-order valence-electron chi connectivity index (χ1n) is 33.4. The van der Waals surface area contributed by atoms with Crippen molar-refractivity contribution in [1.29, 1.82) is 0 Å². The van der Waals surface area contributed by atoms with Gasteiger partial charge in [-0.1, -0.05) is 328 Å². The van der Waals surface area contributed by atoms with Gasteiger partial charge < -0.3 is 20.3 Å². The number of ether oxygens (including phenoxy) is 1. The molecule has 6 heteroatoms. The van der Waals surface area contributed by atoms with Gasteiger partial charge in [-0.2, -0.15) is 0 Å². The number of amides is 1. The fourth-order valence-electron chi connectivity index (χ4n) is 10.7. The predicted octanol–water partition coefficient (Wildman–Crippen LogP) is 21.2. The standard InChI is InChI=1S/C67H131NO5/c1-3-5-7-9-11-13-15-16-17-30-34-37-41-45-49-53-57-61-67(72)73-62-58-54-50-46-42-38-35-32-29-27-25-23-21-19-18-20-22-24-26-28-31-33-36-40-44-48-52-56-60-66(71)68-64(63-69)65(70)59-55-51-47-43-39-14-12-10-8-6-4-2/h18-19,64-65,69-70H,3-17,20-63H2,1-2H3,(H,68,71)/b19-18-. The number of nitrogens with one attached hydrogen (secondary N) is 1. The zero-order valence-corrected chi connectivity index (χ0v) is 49.6. The Kier molecular flexibility index (Phi) is 61.9. The number of unbranched alkanes of at least 4 members (excludes halogenated alkanes) is 50. The monoisotopic (exact) mass is 1030 g/mol. The minimum atomic E-state index is -0.662. The number of carbonyl (C=O) groups is 2. The zero-order chi connectivity index (χ0) is 52.9. The van der Waals surface area contributed by atoms with E-state index in [0.717, 1.165) is 38.5 Å². The number of esters is 1. The van der Waals surface area contributed by atoms with Crippen LogP contribution in [0.2, 0.25) is 0 Å². The molecule has 434 valence electrons. The molecule has 0 radical (unpaired) electrons. The lowest BCUT2D eigenvalue weighted by Gasteiger charge is -2.22. The highest BCUT2D eigenvalue weighted by Crippen LogP contribution is 2.18. The van der Waals surface area contributed by atoms with Crippen LogP contribution in [0.3, 0.4) is 0 Å². The van der Waals surface area contributed by atoms with E-state index >= 15 is 0 Å². The number of allylic oxidation sites excluding steroid dienone is 2. The average molecular weight is 1030 g/mol. The van der Waals surface area contributed by atoms with Crippen molar-refractivity contribution in [3.05, 3.63) is 12.2 Å². The Hall–Kier alpha value is -1.40. The van der Waals surface area contributed by atoms with Crippen molar-refractivity contribution in [2.75, 3.05) is 13.2 Å². The second kappa shape index (κ2) is 63.1. The van der Waals surface area contributed by atoms with Crippen LogP contribution in [0.5, 0.6) is 0 Å². The quantitative estimate of drug-likeness (QED) is 0.0320. The summed E-state index contributed by atoms with van der Waals surface area (Å²) in [5.41, 5.74) is 0. The Labute approximate surface area is 457 Å². The number of hydrogen-bond acceptors (Lipinski definition) is 5. The molecule has 2 atom stereocenters. The SMILES string of the molecule is CCCCCCCCCCCCCCCCCCCC(=O)OCCCCCCCCCCCCCC/C=C\CCCCCCCCCCCCCCC(=O)NC(CO)C(O)CCCCCCCCCCCCC. The number of rotatable bonds is 63. The van der Waals surface area contributed by atoms with Gasteiger partial charge in [-0.25, -0.2) is 0 Å². The molecule has 0 aliphatic heterocycles. The minimum absolute atomic E-state index is 0.0205. The third kappa shape index (κ3) is 59.7. The van der Waals surface area contributed by atoms with Gasteiger partial charge in [0.1, 0.15) is 0 Å². The third-order valence-electron chi connectivity index (χ3n) is 15.8. The lowest BCUT2D eigenvalue weighted by Crippen LogP contribution is -2.45. The molecule has 0 saturated heterocycles. The van der Waals surface area contributed by atoms with Crippen LogP contribution >= 0.6 is 0 Å². The summed E-state index contributed by atoms with van der Waals surface area (Å²) in [5.74, 6) is -0.0135. The fourth-order valence-corrected chi connectivity index (χ4v) is 10.7. The number of aliphatic hydroxyl groups excluding tert-OH is 2. The van der Waals surface area contributed by atoms with Crippen molar-refractivity contribution in [2.24, 2.45) is 0 Å². The first kappa shape index (κ1) is 71.6. The molecule has 73 heavy (non-hydrogen) atoms. The summed E-state index contributed by atoms with van der Waals surface area (Å²) in [6, 6.07) is -0.539. The van der Waals surface area contributed by atoms with Crippen LogP contribution < -0.4 is 5.32 Å². The summed E-state index contributed by atoms with van der Waals surface area (Å²) in [6.45, 7) is 4.98. The van der Waals surface area contributed by atoms with Crippen LogP contribution in [0.4, 0.5) is 0 Å². The predicted molar refractivity (Wildman–Crippen MR) is 320 cm³/mol. The summed E-state index contributed by atoms with van der Waals surface area (Å²) >= 11 is 0. The van der Waals surface area contributed by atoms with Gasteiger partial charge >= 0.3 is 5.97 Å². The number of aliphatic hydroxyl groups is 2. The summed E-state index contributed by atoms with van der Waals surface area (Å²) in [4.78, 5) is 24.5. The minimum Gasteiger partial charge on any atom is -0.466 e. The third-order valence-corrected chi connectivity index (χ3v) is 15.8. The molecule has 0 heterocycles. The van der Waals surface area contributed by atoms with E-state index in [9.17, 15) is 19.8 Å². The Morgan fingerprint density at radius 2 is 0.644 bits per heavy atom. The van der Waals surface area contributed by atoms with Crippen molar-refractivity contribution in [3.8, 4) is 0 Å². The molecule has 6 nitrogen and oxygen atoms in total. The second-order valence-corrected chi connectivity index (χ2v) is 23.2. The molecule has 1 amide bonds. The van der Waals surface area contributed by atoms with Crippen LogP contribution in [-0.2, 0) is 14.3 Å². The van der Waals surface area contributed by atoms with Crippen molar-refractivity contribution >= 4 is 11.9 Å².